The molecule has 8 nitrogen and oxygen atoms in total. The molecule has 1 aliphatic rings. The number of hydrogen-bond acceptors (Lipinski definition) is 5. The van der Waals surface area contributed by atoms with Crippen molar-refractivity contribution in [2.24, 2.45) is 0 Å². The van der Waals surface area contributed by atoms with Crippen molar-refractivity contribution >= 4 is 16.7 Å². The monoisotopic (exact) mass is 440 g/mol. The summed E-state index contributed by atoms with van der Waals surface area (Å²) in [5.74, 6) is 0.530. The van der Waals surface area contributed by atoms with Crippen molar-refractivity contribution in [3.8, 4) is 11.4 Å². The van der Waals surface area contributed by atoms with Crippen LogP contribution in [0.4, 0.5) is 0 Å². The van der Waals surface area contributed by atoms with E-state index in [1.165, 1.54) is 11.1 Å². The minimum absolute atomic E-state index is 0.0983. The molecule has 33 heavy (non-hydrogen) atoms. The predicted octanol–water partition coefficient (Wildman–Crippen LogP) is 3.13. The number of hydrogen-bond donors (Lipinski definition) is 1. The number of aryl methyl sites for hydroxylation is 2. The highest BCUT2D eigenvalue weighted by atomic mass is 16.3. The summed E-state index contributed by atoms with van der Waals surface area (Å²) in [6, 6.07) is 12.3. The highest BCUT2D eigenvalue weighted by Crippen LogP contribution is 2.34. The molecule has 0 saturated carbocycles. The van der Waals surface area contributed by atoms with Crippen molar-refractivity contribution < 1.29 is 5.11 Å². The fraction of sp³-hybridized carbons (Fsp3) is 0.280. The molecule has 1 aromatic carbocycles. The topological polar surface area (TPSA) is 90.2 Å². The Hall–Kier alpha value is -3.78. The number of fused-ring (bicyclic) bond motifs is 3. The van der Waals surface area contributed by atoms with E-state index in [0.29, 0.717) is 17.0 Å². The molecule has 0 aliphatic heterocycles. The smallest absolute Gasteiger partial charge is 0.331 e. The Balaban J connectivity index is 1.60. The van der Waals surface area contributed by atoms with E-state index in [1.54, 1.807) is 26.0 Å². The standard InChI is InChI=1S/C25H24N6O2/c1-16-9-10-30-21(13-16)19(14-27-30)23-26-15-22-24(28-23)31(25(33)29(22)11-12-32)20-8-4-6-17-5-2-3-7-18(17)20/h2-3,5,7,9-10,13-15,20,32H,4,6,8,11-12H2,1H3. The lowest BCUT2D eigenvalue weighted by atomic mass is 9.87. The molecule has 0 radical (unpaired) electrons. The van der Waals surface area contributed by atoms with E-state index in [2.05, 4.69) is 28.3 Å². The van der Waals surface area contributed by atoms with Crippen molar-refractivity contribution in [1.29, 1.82) is 0 Å². The van der Waals surface area contributed by atoms with Gasteiger partial charge in [-0.25, -0.2) is 19.3 Å². The molecule has 1 unspecified atom stereocenters. The first-order valence-corrected chi connectivity index (χ1v) is 11.3. The zero-order valence-electron chi connectivity index (χ0n) is 18.3. The molecule has 0 saturated heterocycles. The summed E-state index contributed by atoms with van der Waals surface area (Å²) in [5, 5.41) is 14.0. The highest BCUT2D eigenvalue weighted by molar-refractivity contribution is 5.80. The SMILES string of the molecule is Cc1ccn2ncc(-c3ncc4c(n3)n(C3CCCc5ccccc53)c(=O)n4CCO)c2c1. The molecule has 6 rings (SSSR count). The van der Waals surface area contributed by atoms with Gasteiger partial charge in [0.2, 0.25) is 0 Å². The zero-order valence-corrected chi connectivity index (χ0v) is 18.3. The van der Waals surface area contributed by atoms with Gasteiger partial charge >= 0.3 is 5.69 Å². The lowest BCUT2D eigenvalue weighted by Gasteiger charge is -2.26. The highest BCUT2D eigenvalue weighted by Gasteiger charge is 2.27. The maximum Gasteiger partial charge on any atom is 0.331 e. The second kappa shape index (κ2) is 7.67. The second-order valence-electron chi connectivity index (χ2n) is 8.63. The number of benzene rings is 1. The van der Waals surface area contributed by atoms with Gasteiger partial charge in [-0.2, -0.15) is 5.10 Å². The quantitative estimate of drug-likeness (QED) is 0.464. The lowest BCUT2D eigenvalue weighted by molar-refractivity contribution is 0.275. The predicted molar refractivity (Wildman–Crippen MR) is 125 cm³/mol. The number of rotatable bonds is 4. The molecule has 0 fully saturated rings. The van der Waals surface area contributed by atoms with E-state index < -0.39 is 0 Å². The molecule has 1 atom stereocenters. The fourth-order valence-electron chi connectivity index (χ4n) is 5.04. The normalized spacial score (nSPS) is 15.9. The van der Waals surface area contributed by atoms with Gasteiger partial charge in [-0.1, -0.05) is 24.3 Å². The summed E-state index contributed by atoms with van der Waals surface area (Å²) >= 11 is 0. The van der Waals surface area contributed by atoms with Crippen molar-refractivity contribution in [3.05, 3.63) is 82.2 Å². The van der Waals surface area contributed by atoms with E-state index in [1.807, 2.05) is 31.3 Å². The molecule has 0 amide bonds. The van der Waals surface area contributed by atoms with E-state index in [4.69, 9.17) is 4.98 Å². The van der Waals surface area contributed by atoms with Gasteiger partial charge in [0.05, 0.1) is 42.7 Å². The molecule has 4 aromatic heterocycles. The third-order valence-corrected chi connectivity index (χ3v) is 6.60. The average Bonchev–Trinajstić information content (AvgIpc) is 3.37. The van der Waals surface area contributed by atoms with E-state index >= 15 is 0 Å². The van der Waals surface area contributed by atoms with Gasteiger partial charge in [-0.05, 0) is 55.0 Å². The van der Waals surface area contributed by atoms with E-state index in [-0.39, 0.29) is 24.9 Å². The molecular formula is C25H24N6O2. The first-order valence-electron chi connectivity index (χ1n) is 11.3. The molecule has 8 heteroatoms. The van der Waals surface area contributed by atoms with Crippen LogP contribution >= 0.6 is 0 Å². The average molecular weight is 441 g/mol. The summed E-state index contributed by atoms with van der Waals surface area (Å²) in [7, 11) is 0. The van der Waals surface area contributed by atoms with Crippen LogP contribution in [0.15, 0.2) is 59.8 Å². The summed E-state index contributed by atoms with van der Waals surface area (Å²) in [6.45, 7) is 2.11. The molecule has 1 N–H and O–H groups in total. The van der Waals surface area contributed by atoms with Gasteiger partial charge in [-0.3, -0.25) is 9.13 Å². The van der Waals surface area contributed by atoms with E-state index in [0.717, 1.165) is 35.9 Å². The van der Waals surface area contributed by atoms with Crippen LogP contribution in [0, 0.1) is 6.92 Å². The minimum Gasteiger partial charge on any atom is -0.395 e. The molecule has 166 valence electrons. The van der Waals surface area contributed by atoms with Crippen LogP contribution in [0.1, 0.15) is 35.6 Å². The van der Waals surface area contributed by atoms with Gasteiger partial charge in [0.25, 0.3) is 0 Å². The summed E-state index contributed by atoms with van der Waals surface area (Å²) in [6.07, 6.45) is 8.26. The maximum absolute atomic E-state index is 13.6. The van der Waals surface area contributed by atoms with Crippen LogP contribution in [-0.2, 0) is 13.0 Å². The maximum atomic E-state index is 13.6. The molecular weight excluding hydrogens is 416 g/mol. The Kier molecular flexibility index (Phi) is 4.62. The van der Waals surface area contributed by atoms with Crippen LogP contribution < -0.4 is 5.69 Å². The van der Waals surface area contributed by atoms with Gasteiger partial charge in [0.15, 0.2) is 11.5 Å². The Morgan fingerprint density at radius 1 is 1.15 bits per heavy atom. The number of pyridine rings is 1. The lowest BCUT2D eigenvalue weighted by Crippen LogP contribution is -2.30. The van der Waals surface area contributed by atoms with Crippen molar-refractivity contribution in [2.75, 3.05) is 6.61 Å². The van der Waals surface area contributed by atoms with Crippen LogP contribution in [-0.4, -0.2) is 40.4 Å². The Morgan fingerprint density at radius 3 is 2.91 bits per heavy atom. The summed E-state index contributed by atoms with van der Waals surface area (Å²) < 4.78 is 5.18. The third kappa shape index (κ3) is 3.09. The first kappa shape index (κ1) is 19.9. The molecule has 0 spiro atoms. The minimum atomic E-state index is -0.164. The Bertz CT molecular complexity index is 1560. The van der Waals surface area contributed by atoms with Crippen molar-refractivity contribution in [2.45, 2.75) is 38.8 Å². The molecule has 4 heterocycles. The van der Waals surface area contributed by atoms with Crippen LogP contribution in [0.5, 0.6) is 0 Å². The number of aliphatic hydroxyl groups excluding tert-OH is 1. The fourth-order valence-corrected chi connectivity index (χ4v) is 5.04. The van der Waals surface area contributed by atoms with Crippen molar-refractivity contribution in [3.63, 3.8) is 0 Å². The summed E-state index contributed by atoms with van der Waals surface area (Å²) in [5.41, 5.74) is 6.36. The van der Waals surface area contributed by atoms with Crippen molar-refractivity contribution in [1.82, 2.24) is 28.7 Å². The molecule has 0 bridgehead atoms. The van der Waals surface area contributed by atoms with Gasteiger partial charge in [0, 0.05) is 6.20 Å². The van der Waals surface area contributed by atoms with Crippen LogP contribution in [0.3, 0.4) is 0 Å². The van der Waals surface area contributed by atoms with Gasteiger partial charge < -0.3 is 5.11 Å². The molecule has 1 aliphatic carbocycles. The Labute approximate surface area is 189 Å². The first-order chi connectivity index (χ1) is 16.2. The third-order valence-electron chi connectivity index (χ3n) is 6.60. The van der Waals surface area contributed by atoms with E-state index in [9.17, 15) is 9.90 Å². The van der Waals surface area contributed by atoms with Crippen LogP contribution in [0.25, 0.3) is 28.1 Å². The van der Waals surface area contributed by atoms with Crippen LogP contribution in [0.2, 0.25) is 0 Å². The number of imidazole rings is 1. The second-order valence-corrected chi connectivity index (χ2v) is 8.63. The Morgan fingerprint density at radius 2 is 2.03 bits per heavy atom. The number of aromatic nitrogens is 6. The largest absolute Gasteiger partial charge is 0.395 e. The van der Waals surface area contributed by atoms with Gasteiger partial charge in [0.1, 0.15) is 5.52 Å². The number of aliphatic hydroxyl groups is 1. The molecule has 5 aromatic rings. The number of nitrogens with zero attached hydrogens (tertiary/aromatic N) is 6. The van der Waals surface area contributed by atoms with Gasteiger partial charge in [-0.15, -0.1) is 0 Å². The summed E-state index contributed by atoms with van der Waals surface area (Å²) in [4.78, 5) is 23.1. The zero-order chi connectivity index (χ0) is 22.5.